The van der Waals surface area contributed by atoms with Crippen LogP contribution < -0.4 is 0 Å². The van der Waals surface area contributed by atoms with E-state index in [1.54, 1.807) is 32.3 Å². The molecule has 0 saturated heterocycles. The Morgan fingerprint density at radius 2 is 2.00 bits per heavy atom. The zero-order chi connectivity index (χ0) is 18.0. The summed E-state index contributed by atoms with van der Waals surface area (Å²) >= 11 is 6.42. The largest absolute Gasteiger partial charge is 0.323 e. The molecule has 25 heavy (non-hydrogen) atoms. The van der Waals surface area contributed by atoms with E-state index >= 15 is 0 Å². The minimum Gasteiger partial charge on any atom is -0.323 e. The molecule has 1 amide bonds. The first kappa shape index (κ1) is 17.5. The van der Waals surface area contributed by atoms with E-state index in [0.717, 1.165) is 12.8 Å². The fraction of sp³-hybridized carbons (Fsp3) is 0.368. The lowest BCUT2D eigenvalue weighted by Gasteiger charge is -2.43. The van der Waals surface area contributed by atoms with Gasteiger partial charge in [-0.15, -0.1) is 0 Å². The maximum atomic E-state index is 13.1. The van der Waals surface area contributed by atoms with Crippen molar-refractivity contribution < 1.29 is 9.59 Å². The molecule has 1 aliphatic rings. The number of ketones is 1. The Morgan fingerprint density at radius 1 is 1.24 bits per heavy atom. The Morgan fingerprint density at radius 3 is 2.68 bits per heavy atom. The molecule has 130 valence electrons. The first-order valence-corrected chi connectivity index (χ1v) is 8.71. The molecule has 1 aliphatic carbocycles. The third-order valence-electron chi connectivity index (χ3n) is 4.85. The minimum atomic E-state index is -1.05. The highest BCUT2D eigenvalue weighted by molar-refractivity contribution is 6.31. The van der Waals surface area contributed by atoms with E-state index in [0.29, 0.717) is 29.3 Å². The Balaban J connectivity index is 2.10. The van der Waals surface area contributed by atoms with Gasteiger partial charge in [-0.3, -0.25) is 9.59 Å². The van der Waals surface area contributed by atoms with Crippen LogP contribution in [0.3, 0.4) is 0 Å². The number of likely N-dealkylation sites (N-methyl/N-ethyl adjacent to an activating group) is 1. The second-order valence-electron chi connectivity index (χ2n) is 6.32. The number of carbonyl (C=O) groups excluding carboxylic acids is 2. The van der Waals surface area contributed by atoms with Gasteiger partial charge in [0.05, 0.1) is 0 Å². The number of aryl methyl sites for hydroxylation is 1. The molecular weight excluding hydrogens is 338 g/mol. The summed E-state index contributed by atoms with van der Waals surface area (Å²) in [6.07, 6.45) is 4.23. The number of hydrogen-bond donors (Lipinski definition) is 0. The topological polar surface area (TPSA) is 63.2 Å². The number of amides is 1. The number of hydrogen-bond acceptors (Lipinski definition) is 4. The van der Waals surface area contributed by atoms with Crippen molar-refractivity contribution in [2.45, 2.75) is 38.1 Å². The second-order valence-corrected chi connectivity index (χ2v) is 6.73. The van der Waals surface area contributed by atoms with Gasteiger partial charge in [0, 0.05) is 30.3 Å². The third-order valence-corrected chi connectivity index (χ3v) is 5.18. The first-order valence-electron chi connectivity index (χ1n) is 8.33. The van der Waals surface area contributed by atoms with Crippen molar-refractivity contribution in [3.63, 3.8) is 0 Å². The van der Waals surface area contributed by atoms with Crippen LogP contribution in [0.4, 0.5) is 0 Å². The molecule has 0 bridgehead atoms. The van der Waals surface area contributed by atoms with Crippen molar-refractivity contribution in [1.82, 2.24) is 14.9 Å². The molecule has 2 aromatic rings. The van der Waals surface area contributed by atoms with Crippen LogP contribution >= 0.6 is 11.6 Å². The molecule has 1 heterocycles. The minimum absolute atomic E-state index is 0.0217. The van der Waals surface area contributed by atoms with Crippen LogP contribution in [0.15, 0.2) is 36.5 Å². The van der Waals surface area contributed by atoms with Gasteiger partial charge < -0.3 is 4.90 Å². The first-order chi connectivity index (χ1) is 12.0. The van der Waals surface area contributed by atoms with Gasteiger partial charge in [0.1, 0.15) is 17.1 Å². The second kappa shape index (κ2) is 6.92. The molecule has 1 fully saturated rings. The van der Waals surface area contributed by atoms with Gasteiger partial charge in [-0.05, 0) is 38.3 Å². The predicted molar refractivity (Wildman–Crippen MR) is 95.5 cm³/mol. The summed E-state index contributed by atoms with van der Waals surface area (Å²) in [5.41, 5.74) is -0.0882. The highest BCUT2D eigenvalue weighted by Crippen LogP contribution is 2.42. The summed E-state index contributed by atoms with van der Waals surface area (Å²) in [7, 11) is 1.66. The van der Waals surface area contributed by atoms with Crippen LogP contribution in [0.1, 0.15) is 47.6 Å². The maximum absolute atomic E-state index is 13.1. The lowest BCUT2D eigenvalue weighted by atomic mass is 9.74. The monoisotopic (exact) mass is 357 g/mol. The van der Waals surface area contributed by atoms with Crippen LogP contribution in [0.5, 0.6) is 0 Å². The Labute approximate surface area is 152 Å². The number of benzene rings is 1. The van der Waals surface area contributed by atoms with E-state index in [-0.39, 0.29) is 17.4 Å². The average molecular weight is 358 g/mol. The highest BCUT2D eigenvalue weighted by Gasteiger charge is 2.48. The lowest BCUT2D eigenvalue weighted by molar-refractivity contribution is -0.132. The van der Waals surface area contributed by atoms with Crippen LogP contribution in [-0.2, 0) is 10.3 Å². The molecule has 1 saturated carbocycles. The number of Topliss-reactive ketones (excluding diaryl/α,β-unsaturated/α-hetero) is 1. The lowest BCUT2D eigenvalue weighted by Crippen LogP contribution is -2.54. The molecule has 0 unspecified atom stereocenters. The Kier molecular flexibility index (Phi) is 4.86. The van der Waals surface area contributed by atoms with Crippen molar-refractivity contribution in [3.8, 4) is 0 Å². The Hall–Kier alpha value is -2.27. The molecule has 0 spiro atoms. The van der Waals surface area contributed by atoms with Crippen molar-refractivity contribution in [2.75, 3.05) is 7.05 Å². The third kappa shape index (κ3) is 3.04. The molecule has 0 radical (unpaired) electrons. The normalized spacial score (nSPS) is 20.4. The zero-order valence-corrected chi connectivity index (χ0v) is 15.1. The summed E-state index contributed by atoms with van der Waals surface area (Å²) in [6, 6.07) is 8.83. The average Bonchev–Trinajstić information content (AvgIpc) is 2.62. The Bertz CT molecular complexity index is 824. The standard InChI is InChI=1S/C19H20ClN3O2/c1-13-21-12-10-16(22-13)18(25)23(2)19(11-6-5-9-17(19)24)14-7-3-4-8-15(14)20/h3-4,7-8,10,12H,5-6,9,11H2,1-2H3/t19-/m0/s1. The summed E-state index contributed by atoms with van der Waals surface area (Å²) in [6.45, 7) is 1.73. The van der Waals surface area contributed by atoms with Crippen molar-refractivity contribution >= 4 is 23.3 Å². The molecular formula is C19H20ClN3O2. The summed E-state index contributed by atoms with van der Waals surface area (Å²) < 4.78 is 0. The number of halogens is 1. The number of aromatic nitrogens is 2. The van der Waals surface area contributed by atoms with Crippen LogP contribution in [-0.4, -0.2) is 33.6 Å². The summed E-state index contributed by atoms with van der Waals surface area (Å²) in [5.74, 6) is 0.232. The van der Waals surface area contributed by atoms with Crippen LogP contribution in [0.25, 0.3) is 0 Å². The van der Waals surface area contributed by atoms with Gasteiger partial charge in [-0.25, -0.2) is 9.97 Å². The molecule has 1 aromatic heterocycles. The van der Waals surface area contributed by atoms with Gasteiger partial charge in [0.15, 0.2) is 5.78 Å². The predicted octanol–water partition coefficient (Wildman–Crippen LogP) is 3.55. The molecule has 6 heteroatoms. The summed E-state index contributed by atoms with van der Waals surface area (Å²) in [4.78, 5) is 35.9. The summed E-state index contributed by atoms with van der Waals surface area (Å²) in [5, 5.41) is 0.497. The van der Waals surface area contributed by atoms with Gasteiger partial charge in [-0.2, -0.15) is 0 Å². The molecule has 0 N–H and O–H groups in total. The number of nitrogens with zero attached hydrogens (tertiary/aromatic N) is 3. The van der Waals surface area contributed by atoms with Crippen molar-refractivity contribution in [1.29, 1.82) is 0 Å². The molecule has 1 atom stereocenters. The number of carbonyl (C=O) groups is 2. The van der Waals surface area contributed by atoms with E-state index in [2.05, 4.69) is 9.97 Å². The van der Waals surface area contributed by atoms with Gasteiger partial charge in [0.2, 0.25) is 0 Å². The van der Waals surface area contributed by atoms with E-state index in [4.69, 9.17) is 11.6 Å². The van der Waals surface area contributed by atoms with E-state index in [9.17, 15) is 9.59 Å². The zero-order valence-electron chi connectivity index (χ0n) is 14.3. The smallest absolute Gasteiger partial charge is 0.273 e. The highest BCUT2D eigenvalue weighted by atomic mass is 35.5. The van der Waals surface area contributed by atoms with E-state index in [1.165, 1.54) is 4.90 Å². The van der Waals surface area contributed by atoms with Gasteiger partial charge in [0.25, 0.3) is 5.91 Å². The molecule has 0 aliphatic heterocycles. The van der Waals surface area contributed by atoms with Crippen LogP contribution in [0, 0.1) is 6.92 Å². The van der Waals surface area contributed by atoms with Crippen LogP contribution in [0.2, 0.25) is 5.02 Å². The molecule has 1 aromatic carbocycles. The fourth-order valence-corrected chi connectivity index (χ4v) is 3.84. The van der Waals surface area contributed by atoms with Crippen molar-refractivity contribution in [3.05, 3.63) is 58.6 Å². The SMILES string of the molecule is Cc1nccc(C(=O)N(C)[C@]2(c3ccccc3Cl)CCCCC2=O)n1. The van der Waals surface area contributed by atoms with E-state index < -0.39 is 5.54 Å². The quantitative estimate of drug-likeness (QED) is 0.842. The van der Waals surface area contributed by atoms with E-state index in [1.807, 2.05) is 18.2 Å². The maximum Gasteiger partial charge on any atom is 0.273 e. The molecule has 3 rings (SSSR count). The van der Waals surface area contributed by atoms with Gasteiger partial charge in [-0.1, -0.05) is 29.8 Å². The van der Waals surface area contributed by atoms with Gasteiger partial charge >= 0.3 is 0 Å². The molecule has 5 nitrogen and oxygen atoms in total. The number of rotatable bonds is 3. The van der Waals surface area contributed by atoms with Crippen molar-refractivity contribution in [2.24, 2.45) is 0 Å². The fourth-order valence-electron chi connectivity index (χ4n) is 3.55.